The van der Waals surface area contributed by atoms with Crippen molar-refractivity contribution < 1.29 is 4.79 Å². The van der Waals surface area contributed by atoms with Gasteiger partial charge in [0.2, 0.25) is 6.08 Å². The molecule has 0 unspecified atom stereocenters. The van der Waals surface area contributed by atoms with Crippen molar-refractivity contribution in [2.75, 3.05) is 0 Å². The number of hydrogen-bond donors (Lipinski definition) is 0. The summed E-state index contributed by atoms with van der Waals surface area (Å²) in [4.78, 5) is 14.9. The predicted molar refractivity (Wildman–Crippen MR) is 53.2 cm³/mol. The summed E-state index contributed by atoms with van der Waals surface area (Å²) < 4.78 is 0.997. The van der Waals surface area contributed by atoms with Crippen LogP contribution in [0.4, 0.5) is 0 Å². The molecule has 1 heterocycles. The lowest BCUT2D eigenvalue weighted by Gasteiger charge is -2.15. The topological polar surface area (TPSA) is 29.4 Å². The van der Waals surface area contributed by atoms with Gasteiger partial charge in [0.1, 0.15) is 5.54 Å². The second kappa shape index (κ2) is 3.52. The molecule has 0 N–H and O–H groups in total. The molecule has 0 amide bonds. The third-order valence-corrected chi connectivity index (χ3v) is 3.65. The van der Waals surface area contributed by atoms with Gasteiger partial charge in [0, 0.05) is 9.35 Å². The fraction of sp³-hybridized carbons (Fsp3) is 0.375. The van der Waals surface area contributed by atoms with Crippen molar-refractivity contribution in [3.8, 4) is 0 Å². The van der Waals surface area contributed by atoms with Gasteiger partial charge in [0.25, 0.3) is 0 Å². The highest BCUT2D eigenvalue weighted by atomic mass is 79.9. The van der Waals surface area contributed by atoms with Crippen LogP contribution in [-0.4, -0.2) is 6.08 Å². The molecule has 0 radical (unpaired) electrons. The van der Waals surface area contributed by atoms with Crippen molar-refractivity contribution in [2.45, 2.75) is 19.4 Å². The highest BCUT2D eigenvalue weighted by molar-refractivity contribution is 9.10. The molecule has 0 aliphatic carbocycles. The molecule has 1 aromatic heterocycles. The lowest BCUT2D eigenvalue weighted by atomic mass is 10.1. The van der Waals surface area contributed by atoms with Gasteiger partial charge in [-0.25, -0.2) is 4.79 Å². The third-order valence-electron chi connectivity index (χ3n) is 1.50. The van der Waals surface area contributed by atoms with E-state index in [4.69, 9.17) is 0 Å². The molecule has 0 aliphatic rings. The van der Waals surface area contributed by atoms with Crippen LogP contribution in [0.5, 0.6) is 0 Å². The van der Waals surface area contributed by atoms with E-state index < -0.39 is 5.54 Å². The SMILES string of the molecule is CC(C)(N=C=O)c1sccc1Br. The molecule has 0 saturated heterocycles. The number of rotatable bonds is 2. The quantitative estimate of drug-likeness (QED) is 0.582. The van der Waals surface area contributed by atoms with E-state index in [1.54, 1.807) is 17.4 Å². The summed E-state index contributed by atoms with van der Waals surface area (Å²) in [7, 11) is 0. The first-order chi connectivity index (χ1) is 5.58. The first-order valence-electron chi connectivity index (χ1n) is 3.40. The molecule has 4 heteroatoms. The Morgan fingerprint density at radius 1 is 1.67 bits per heavy atom. The van der Waals surface area contributed by atoms with Gasteiger partial charge in [-0.1, -0.05) is 0 Å². The summed E-state index contributed by atoms with van der Waals surface area (Å²) in [5.74, 6) is 0. The van der Waals surface area contributed by atoms with Gasteiger partial charge in [-0.05, 0) is 41.2 Å². The molecular weight excluding hydrogens is 238 g/mol. The summed E-state index contributed by atoms with van der Waals surface area (Å²) in [6, 6.07) is 1.95. The zero-order valence-electron chi connectivity index (χ0n) is 6.80. The molecule has 0 bridgehead atoms. The monoisotopic (exact) mass is 245 g/mol. The van der Waals surface area contributed by atoms with Crippen LogP contribution in [0.3, 0.4) is 0 Å². The minimum absolute atomic E-state index is 0.464. The van der Waals surface area contributed by atoms with Gasteiger partial charge in [-0.15, -0.1) is 11.3 Å². The minimum Gasteiger partial charge on any atom is -0.211 e. The largest absolute Gasteiger partial charge is 0.235 e. The minimum atomic E-state index is -0.464. The maximum absolute atomic E-state index is 10.1. The zero-order valence-corrected chi connectivity index (χ0v) is 9.20. The number of carbonyl (C=O) groups excluding carboxylic acids is 1. The number of isocyanates is 1. The average Bonchev–Trinajstić information content (AvgIpc) is 2.35. The van der Waals surface area contributed by atoms with E-state index >= 15 is 0 Å². The van der Waals surface area contributed by atoms with Crippen LogP contribution < -0.4 is 0 Å². The zero-order chi connectivity index (χ0) is 9.19. The summed E-state index contributed by atoms with van der Waals surface area (Å²) in [5, 5.41) is 1.96. The summed E-state index contributed by atoms with van der Waals surface area (Å²) in [6.07, 6.45) is 1.58. The van der Waals surface area contributed by atoms with Gasteiger partial charge >= 0.3 is 0 Å². The highest BCUT2D eigenvalue weighted by Gasteiger charge is 2.23. The normalized spacial score (nSPS) is 10.9. The molecule has 0 spiro atoms. The van der Waals surface area contributed by atoms with Crippen LogP contribution >= 0.6 is 27.3 Å². The van der Waals surface area contributed by atoms with Crippen LogP contribution in [0.25, 0.3) is 0 Å². The van der Waals surface area contributed by atoms with Crippen LogP contribution in [0.15, 0.2) is 20.9 Å². The molecule has 0 atom stereocenters. The Morgan fingerprint density at radius 2 is 2.33 bits per heavy atom. The van der Waals surface area contributed by atoms with Gasteiger partial charge in [-0.3, -0.25) is 0 Å². The van der Waals surface area contributed by atoms with E-state index in [0.717, 1.165) is 9.35 Å². The third kappa shape index (κ3) is 1.83. The molecule has 0 aromatic carbocycles. The van der Waals surface area contributed by atoms with Crippen molar-refractivity contribution in [1.29, 1.82) is 0 Å². The maximum atomic E-state index is 10.1. The van der Waals surface area contributed by atoms with Crippen molar-refractivity contribution >= 4 is 33.3 Å². The molecule has 0 saturated carbocycles. The van der Waals surface area contributed by atoms with Crippen molar-refractivity contribution in [2.24, 2.45) is 4.99 Å². The Balaban J connectivity index is 3.12. The van der Waals surface area contributed by atoms with E-state index in [1.165, 1.54) is 0 Å². The summed E-state index contributed by atoms with van der Waals surface area (Å²) in [5.41, 5.74) is -0.464. The van der Waals surface area contributed by atoms with Gasteiger partial charge in [-0.2, -0.15) is 4.99 Å². The van der Waals surface area contributed by atoms with Gasteiger partial charge < -0.3 is 0 Å². The second-order valence-electron chi connectivity index (χ2n) is 2.86. The fourth-order valence-electron chi connectivity index (χ4n) is 0.895. The number of thiophene rings is 1. The Kier molecular flexibility index (Phi) is 2.83. The lowest BCUT2D eigenvalue weighted by molar-refractivity contribution is 0.527. The predicted octanol–water partition coefficient (Wildman–Crippen LogP) is 3.08. The molecule has 12 heavy (non-hydrogen) atoms. The first-order valence-corrected chi connectivity index (χ1v) is 5.07. The summed E-state index contributed by atoms with van der Waals surface area (Å²) >= 11 is 4.97. The van der Waals surface area contributed by atoms with Crippen molar-refractivity contribution in [3.05, 3.63) is 20.8 Å². The fourth-order valence-corrected chi connectivity index (χ4v) is 2.82. The van der Waals surface area contributed by atoms with E-state index in [-0.39, 0.29) is 0 Å². The summed E-state index contributed by atoms with van der Waals surface area (Å²) in [6.45, 7) is 3.77. The standard InChI is InChI=1S/C8H8BrNOS/c1-8(2,10-5-11)7-6(9)3-4-12-7/h3-4H,1-2H3. The number of aliphatic imine (C=N–C) groups is 1. The Morgan fingerprint density at radius 3 is 2.75 bits per heavy atom. The molecule has 0 aliphatic heterocycles. The Labute approximate surface area is 83.5 Å². The first kappa shape index (κ1) is 9.65. The number of halogens is 1. The smallest absolute Gasteiger partial charge is 0.211 e. The molecular formula is C8H8BrNOS. The van der Waals surface area contributed by atoms with Crippen molar-refractivity contribution in [1.82, 2.24) is 0 Å². The Bertz CT molecular complexity index is 326. The van der Waals surface area contributed by atoms with Crippen LogP contribution in [-0.2, 0) is 10.3 Å². The Hall–Kier alpha value is -0.440. The van der Waals surface area contributed by atoms with Gasteiger partial charge in [0.15, 0.2) is 0 Å². The highest BCUT2D eigenvalue weighted by Crippen LogP contribution is 2.35. The molecule has 1 rings (SSSR count). The maximum Gasteiger partial charge on any atom is 0.235 e. The van der Waals surface area contributed by atoms with Crippen LogP contribution in [0.2, 0.25) is 0 Å². The number of hydrogen-bond acceptors (Lipinski definition) is 3. The molecule has 2 nitrogen and oxygen atoms in total. The second-order valence-corrected chi connectivity index (χ2v) is 4.63. The molecule has 1 aromatic rings. The van der Waals surface area contributed by atoms with E-state index in [9.17, 15) is 4.79 Å². The number of nitrogens with zero attached hydrogens (tertiary/aromatic N) is 1. The van der Waals surface area contributed by atoms with Gasteiger partial charge in [0.05, 0.1) is 0 Å². The van der Waals surface area contributed by atoms with Crippen LogP contribution in [0, 0.1) is 0 Å². The lowest BCUT2D eigenvalue weighted by Crippen LogP contribution is -2.11. The molecule has 0 fully saturated rings. The average molecular weight is 246 g/mol. The van der Waals surface area contributed by atoms with E-state index in [1.807, 2.05) is 25.3 Å². The van der Waals surface area contributed by atoms with Crippen molar-refractivity contribution in [3.63, 3.8) is 0 Å². The van der Waals surface area contributed by atoms with E-state index in [0.29, 0.717) is 0 Å². The van der Waals surface area contributed by atoms with E-state index in [2.05, 4.69) is 20.9 Å². The molecule has 64 valence electrons. The van der Waals surface area contributed by atoms with Crippen LogP contribution in [0.1, 0.15) is 18.7 Å².